The average molecular weight is 1880 g/mol. The number of aromatic amines is 1. The van der Waals surface area contributed by atoms with E-state index in [-0.39, 0.29) is 116 Å². The van der Waals surface area contributed by atoms with Crippen LogP contribution in [0, 0.1) is 6.92 Å². The lowest BCUT2D eigenvalue weighted by Gasteiger charge is -2.39. The van der Waals surface area contributed by atoms with Gasteiger partial charge >= 0.3 is 6.03 Å². The monoisotopic (exact) mass is 1880 g/mol. The highest BCUT2D eigenvalue weighted by Crippen LogP contribution is 2.47. The van der Waals surface area contributed by atoms with E-state index in [2.05, 4.69) is 84.7 Å². The molecule has 29 N–H and O–H groups in total. The standard InChI is InChI=1S/C88H128N22O20S2/c1-47-20-18-23-57-55(46-98-68(47)57)43-62-75(120)100-58(25-19-37-97-84(94)129)73(118)108-71(87(9,10)132-131-86(7,8)70(99-50(4)113)80(125)105-63(44-66(92)115)76(121)107-69(48(2)111)79(124)103-62)81(126)104-60(41-51-27-30-56(31-28-51)130-39-35-90)74(119)101-61(42-52-26-29-53-21-12-13-22-54(53)40-52)78(123)110-88(11,33-15-16-34-89)83(128)106-59(24-14-17-36-95-49(3)112)72(117)102-64(45-67(93)116)77(122)109-85(5,6)82(127)96-38-32-65(91)114/h12-13,18,20-23,26-31,40,46,48,58-64,69-71,98,111H,14-17,19,24-25,32-39,41-45,89-90H2,1-11H3,(H2,91,114)(H2,92,115)(H2,93,116)(H,95,112)(H,96,127)(H,99,113)(H,100,120)(H,101,119)(H,102,117)(H,103,124)(H,104,126)(H,105,125)(H,106,128)(H,107,121)(H,108,118)(H,109,122)(H,110,123)(H3,94,97,129)/t48-,58+,59+,60+,61+,62+,63+,64+,69+,70-,71-,88+/m1/s1. The van der Waals surface area contributed by atoms with Gasteiger partial charge in [0, 0.05) is 92.3 Å². The summed E-state index contributed by atoms with van der Waals surface area (Å²) in [5.74, 6) is -16.4. The number of H-pyrrole nitrogens is 1. The molecule has 1 aliphatic rings. The molecule has 12 atom stereocenters. The van der Waals surface area contributed by atoms with E-state index >= 15 is 28.8 Å². The largest absolute Gasteiger partial charge is 0.492 e. The van der Waals surface area contributed by atoms with Gasteiger partial charge in [-0.15, -0.1) is 0 Å². The molecule has 1 saturated heterocycles. The fraction of sp³-hybridized carbons (Fsp3) is 0.523. The van der Waals surface area contributed by atoms with Crippen molar-refractivity contribution in [3.05, 3.63) is 113 Å². The molecule has 0 radical (unpaired) electrons. The van der Waals surface area contributed by atoms with Crippen LogP contribution >= 0.6 is 21.6 Å². The first-order valence-corrected chi connectivity index (χ1v) is 45.5. The maximum atomic E-state index is 16.3. The van der Waals surface area contributed by atoms with Crippen LogP contribution in [-0.2, 0) is 101 Å². The van der Waals surface area contributed by atoms with E-state index in [1.165, 1.54) is 55.4 Å². The van der Waals surface area contributed by atoms with Crippen LogP contribution in [0.1, 0.15) is 162 Å². The summed E-state index contributed by atoms with van der Waals surface area (Å²) in [5, 5.41) is 52.7. The van der Waals surface area contributed by atoms with Gasteiger partial charge in [0.15, 0.2) is 0 Å². The van der Waals surface area contributed by atoms with Gasteiger partial charge in [0.2, 0.25) is 100 Å². The molecule has 44 heteroatoms. The summed E-state index contributed by atoms with van der Waals surface area (Å²) in [6.07, 6.45) is -3.31. The first-order chi connectivity index (χ1) is 62.1. The van der Waals surface area contributed by atoms with Gasteiger partial charge in [-0.25, -0.2) is 4.79 Å². The molecule has 42 nitrogen and oxygen atoms in total. The van der Waals surface area contributed by atoms with Crippen molar-refractivity contribution in [3.63, 3.8) is 0 Å². The first-order valence-electron chi connectivity index (χ1n) is 43.3. The summed E-state index contributed by atoms with van der Waals surface area (Å²) in [5.41, 5.74) is 32.7. The summed E-state index contributed by atoms with van der Waals surface area (Å²) in [7, 11) is 1.76. The molecule has 1 aromatic heterocycles. The van der Waals surface area contributed by atoms with Crippen LogP contribution in [0.3, 0.4) is 0 Å². The second-order valence-electron chi connectivity index (χ2n) is 34.4. The third-order valence-electron chi connectivity index (χ3n) is 21.7. The van der Waals surface area contributed by atoms with Gasteiger partial charge in [-0.1, -0.05) is 94.4 Å². The number of aliphatic hydroxyl groups is 1. The predicted octanol–water partition coefficient (Wildman–Crippen LogP) is -2.41. The van der Waals surface area contributed by atoms with E-state index < -0.39 is 207 Å². The van der Waals surface area contributed by atoms with E-state index in [0.29, 0.717) is 38.7 Å². The first kappa shape index (κ1) is 108. The van der Waals surface area contributed by atoms with Crippen LogP contribution in [0.5, 0.6) is 5.75 Å². The number of carbonyl (C=O) groups excluding carboxylic acids is 18. The van der Waals surface area contributed by atoms with Gasteiger partial charge in [0.05, 0.1) is 18.9 Å². The second-order valence-corrected chi connectivity index (χ2v) is 37.8. The maximum absolute atomic E-state index is 16.3. The van der Waals surface area contributed by atoms with E-state index in [0.717, 1.165) is 46.4 Å². The Morgan fingerprint density at radius 1 is 0.553 bits per heavy atom. The molecule has 0 saturated carbocycles. The summed E-state index contributed by atoms with van der Waals surface area (Å²) in [6, 6.07) is 5.42. The number of aryl methyl sites for hydroxylation is 1. The molecule has 1 aliphatic heterocycles. The molecule has 4 aromatic carbocycles. The van der Waals surface area contributed by atoms with E-state index in [1.54, 1.807) is 66.9 Å². The zero-order valence-corrected chi connectivity index (χ0v) is 77.8. The number of rotatable bonds is 44. The number of benzene rings is 4. The van der Waals surface area contributed by atoms with Crippen molar-refractivity contribution in [2.75, 3.05) is 39.3 Å². The number of amides is 19. The van der Waals surface area contributed by atoms with Crippen molar-refractivity contribution in [2.45, 2.75) is 253 Å². The van der Waals surface area contributed by atoms with Gasteiger partial charge in [0.25, 0.3) is 0 Å². The minimum absolute atomic E-state index is 0.101. The van der Waals surface area contributed by atoms with Gasteiger partial charge in [-0.2, -0.15) is 0 Å². The third-order valence-corrected chi connectivity index (χ3v) is 25.9. The van der Waals surface area contributed by atoms with Crippen molar-refractivity contribution in [1.29, 1.82) is 0 Å². The number of aliphatic hydroxyl groups excluding tert-OH is 1. The normalized spacial score (nSPS) is 18.9. The molecule has 0 spiro atoms. The minimum Gasteiger partial charge on any atom is -0.492 e. The number of nitrogens with one attached hydrogen (secondary N) is 16. The van der Waals surface area contributed by atoms with Crippen molar-refractivity contribution >= 4 is 150 Å². The van der Waals surface area contributed by atoms with E-state index in [9.17, 15) is 62.6 Å². The molecule has 19 amide bonds. The number of nitrogens with two attached hydrogens (primary N) is 6. The number of hydrogen-bond donors (Lipinski definition) is 23. The highest BCUT2D eigenvalue weighted by Gasteiger charge is 2.48. The quantitative estimate of drug-likeness (QED) is 0.0143. The van der Waals surface area contributed by atoms with Gasteiger partial charge in [-0.05, 0) is 165 Å². The Morgan fingerprint density at radius 3 is 1.80 bits per heavy atom. The Hall–Kier alpha value is -12.7. The van der Waals surface area contributed by atoms with Crippen molar-refractivity contribution in [1.82, 2.24) is 84.7 Å². The van der Waals surface area contributed by atoms with Gasteiger partial charge in [0.1, 0.15) is 83.9 Å². The average Bonchev–Trinajstić information content (AvgIpc) is 0.816. The second kappa shape index (κ2) is 50.6. The third kappa shape index (κ3) is 33.9. The number of urea groups is 1. The number of carbonyl (C=O) groups is 18. The molecule has 132 heavy (non-hydrogen) atoms. The number of aromatic nitrogens is 1. The van der Waals surface area contributed by atoms with Crippen molar-refractivity contribution in [2.24, 2.45) is 34.4 Å². The number of primary amides is 4. The summed E-state index contributed by atoms with van der Waals surface area (Å²) in [6.45, 7) is 15.4. The Morgan fingerprint density at radius 2 is 1.16 bits per heavy atom. The van der Waals surface area contributed by atoms with E-state index in [4.69, 9.17) is 39.1 Å². The molecule has 6 rings (SSSR count). The topological polar surface area (TPSA) is 689 Å². The highest BCUT2D eigenvalue weighted by atomic mass is 33.1. The minimum atomic E-state index is -2.06. The number of unbranched alkanes of at least 4 members (excludes halogenated alkanes) is 2. The molecule has 0 aliphatic carbocycles. The molecular weight excluding hydrogens is 1750 g/mol. The lowest BCUT2D eigenvalue weighted by atomic mass is 9.91. The summed E-state index contributed by atoms with van der Waals surface area (Å²) >= 11 is 0. The molecule has 2 heterocycles. The van der Waals surface area contributed by atoms with Crippen LogP contribution in [-0.4, -0.2) is 243 Å². The number of fused-ring (bicyclic) bond motifs is 2. The molecule has 722 valence electrons. The molecule has 0 unspecified atom stereocenters. The lowest BCUT2D eigenvalue weighted by Crippen LogP contribution is -2.65. The number of ether oxygens (including phenoxy) is 1. The smallest absolute Gasteiger partial charge is 0.312 e. The molecule has 0 bridgehead atoms. The number of para-hydroxylation sites is 1. The fourth-order valence-electron chi connectivity index (χ4n) is 14.3. The Bertz CT molecular complexity index is 4970. The Kier molecular flexibility index (Phi) is 41.5. The van der Waals surface area contributed by atoms with Crippen LogP contribution in [0.2, 0.25) is 0 Å². The molecular formula is C88H128N22O20S2. The SMILES string of the molecule is CC(=O)NCCCC[C@H](NC(=O)[C@](C)(CCCCN)NC(=O)[C@H](Cc1ccc2ccccc2c1)NC(=O)[C@H](Cc1ccc(OCCN)cc1)NC(=O)[C@H]1NC(=O)[C@H](CCCNC(N)=O)NC(=O)[C@H](Cc2c[nH]c3c(C)cccc23)NC(=O)[C@H]([C@@H](C)O)NC(=O)[C@H](CC(N)=O)NC(=O)[C@@H](NC(C)=O)C(C)(C)SSC1(C)C)C(=O)N[C@@H](CC(N)=O)C(=O)NC(C)(C)C(=O)NCCC(N)=O. The Labute approximate surface area is 772 Å². The van der Waals surface area contributed by atoms with Gasteiger partial charge in [-0.3, -0.25) is 81.5 Å². The zero-order chi connectivity index (χ0) is 98.1. The highest BCUT2D eigenvalue weighted by molar-refractivity contribution is 8.77. The lowest BCUT2D eigenvalue weighted by molar-refractivity contribution is -0.139. The Balaban J connectivity index is 1.53. The van der Waals surface area contributed by atoms with E-state index in [1.807, 2.05) is 31.2 Å². The zero-order valence-electron chi connectivity index (χ0n) is 76.1. The van der Waals surface area contributed by atoms with Crippen molar-refractivity contribution < 1.29 is 96.1 Å². The van der Waals surface area contributed by atoms with Crippen LogP contribution in [0.4, 0.5) is 4.79 Å². The maximum Gasteiger partial charge on any atom is 0.312 e. The van der Waals surface area contributed by atoms with Crippen molar-refractivity contribution in [3.8, 4) is 5.75 Å². The van der Waals surface area contributed by atoms with Crippen LogP contribution < -0.4 is 119 Å². The number of hydrogen-bond acceptors (Lipinski definition) is 24. The summed E-state index contributed by atoms with van der Waals surface area (Å²) in [4.78, 5) is 259. The summed E-state index contributed by atoms with van der Waals surface area (Å²) < 4.78 is 2.51. The van der Waals surface area contributed by atoms with Crippen LogP contribution in [0.15, 0.2) is 91.1 Å². The predicted molar refractivity (Wildman–Crippen MR) is 495 cm³/mol. The molecule has 5 aromatic rings. The molecule has 1 fully saturated rings. The van der Waals surface area contributed by atoms with Crippen LogP contribution in [0.25, 0.3) is 21.7 Å². The fourth-order valence-corrected chi connectivity index (χ4v) is 17.2. The van der Waals surface area contributed by atoms with Gasteiger partial charge < -0.3 is 129 Å².